The number of nitrogens with zero attached hydrogens (tertiary/aromatic N) is 1. The highest BCUT2D eigenvalue weighted by atomic mass is 32.1. The van der Waals surface area contributed by atoms with Gasteiger partial charge in [-0.15, -0.1) is 0 Å². The lowest BCUT2D eigenvalue weighted by atomic mass is 9.86. The molecule has 28 heavy (non-hydrogen) atoms. The third kappa shape index (κ3) is 3.59. The Bertz CT molecular complexity index is 911. The number of thiophene rings is 1. The Kier molecular flexibility index (Phi) is 5.16. The average Bonchev–Trinajstić information content (AvgIpc) is 3.34. The first-order valence-electron chi connectivity index (χ1n) is 10.5. The summed E-state index contributed by atoms with van der Waals surface area (Å²) in [5, 5.41) is 4.53. The lowest BCUT2D eigenvalue weighted by molar-refractivity contribution is 0.168. The molecule has 0 saturated carbocycles. The molecule has 2 fully saturated rings. The zero-order chi connectivity index (χ0) is 18.8. The molecule has 0 spiro atoms. The first-order chi connectivity index (χ1) is 13.9. The Morgan fingerprint density at radius 1 is 0.821 bits per heavy atom. The summed E-state index contributed by atoms with van der Waals surface area (Å²) < 4.78 is 0. The standard InChI is InChI=1S/C26H27NS/c1-3-7-20(8-4-1)13-15-27-24-11-12-25(27)18-23(17-24)26(22-14-16-28-19-22)21-9-5-2-6-10-21/h1-10,14,16,19,24-25H,11-13,15,17-18H2. The van der Waals surface area contributed by atoms with Crippen molar-refractivity contribution in [2.75, 3.05) is 6.54 Å². The number of piperidine rings is 1. The van der Waals surface area contributed by atoms with Crippen LogP contribution in [0, 0.1) is 0 Å². The number of fused-ring (bicyclic) bond motifs is 2. The number of hydrogen-bond donors (Lipinski definition) is 0. The van der Waals surface area contributed by atoms with Crippen LogP contribution in [0.25, 0.3) is 5.57 Å². The second-order valence-corrected chi connectivity index (χ2v) is 8.90. The minimum atomic E-state index is 0.717. The summed E-state index contributed by atoms with van der Waals surface area (Å²) in [5.74, 6) is 0. The summed E-state index contributed by atoms with van der Waals surface area (Å²) in [5.41, 5.74) is 7.43. The summed E-state index contributed by atoms with van der Waals surface area (Å²) >= 11 is 1.81. The Morgan fingerprint density at radius 2 is 1.50 bits per heavy atom. The predicted molar refractivity (Wildman–Crippen MR) is 120 cm³/mol. The van der Waals surface area contributed by atoms with E-state index in [9.17, 15) is 0 Å². The van der Waals surface area contributed by atoms with Crippen molar-refractivity contribution in [1.82, 2.24) is 4.90 Å². The van der Waals surface area contributed by atoms with Crippen molar-refractivity contribution in [3.05, 3.63) is 99.8 Å². The van der Waals surface area contributed by atoms with Gasteiger partial charge in [0.25, 0.3) is 0 Å². The molecule has 2 aliphatic rings. The van der Waals surface area contributed by atoms with Gasteiger partial charge in [-0.2, -0.15) is 11.3 Å². The van der Waals surface area contributed by atoms with Crippen molar-refractivity contribution in [3.63, 3.8) is 0 Å². The summed E-state index contributed by atoms with van der Waals surface area (Å²) in [6.07, 6.45) is 6.34. The van der Waals surface area contributed by atoms with Crippen molar-refractivity contribution in [1.29, 1.82) is 0 Å². The van der Waals surface area contributed by atoms with Gasteiger partial charge in [0.1, 0.15) is 0 Å². The van der Waals surface area contributed by atoms with E-state index in [1.807, 2.05) is 0 Å². The van der Waals surface area contributed by atoms with Gasteiger partial charge in [-0.1, -0.05) is 66.2 Å². The number of benzene rings is 2. The largest absolute Gasteiger partial charge is 0.296 e. The van der Waals surface area contributed by atoms with Crippen molar-refractivity contribution >= 4 is 16.9 Å². The maximum Gasteiger partial charge on any atom is 0.0136 e. The van der Waals surface area contributed by atoms with Gasteiger partial charge in [0.2, 0.25) is 0 Å². The summed E-state index contributed by atoms with van der Waals surface area (Å²) in [4.78, 5) is 2.81. The SMILES string of the molecule is c1ccc(CCN2C3CCC2CC(=C(c2ccccc2)c2ccsc2)C3)cc1. The predicted octanol–water partition coefficient (Wildman–Crippen LogP) is 6.42. The minimum absolute atomic E-state index is 0.717. The second kappa shape index (κ2) is 8.06. The average molecular weight is 386 g/mol. The smallest absolute Gasteiger partial charge is 0.0136 e. The second-order valence-electron chi connectivity index (χ2n) is 8.12. The van der Waals surface area contributed by atoms with E-state index >= 15 is 0 Å². The normalized spacial score (nSPS) is 21.8. The first-order valence-corrected chi connectivity index (χ1v) is 11.4. The van der Waals surface area contributed by atoms with Crippen LogP contribution in [0.3, 0.4) is 0 Å². The third-order valence-corrected chi connectivity index (χ3v) is 7.15. The first kappa shape index (κ1) is 17.9. The molecule has 3 heterocycles. The molecule has 2 saturated heterocycles. The maximum absolute atomic E-state index is 2.81. The molecule has 2 aliphatic heterocycles. The molecule has 0 radical (unpaired) electrons. The number of hydrogen-bond acceptors (Lipinski definition) is 2. The Hall–Kier alpha value is -2.16. The fourth-order valence-electron chi connectivity index (χ4n) is 5.16. The maximum atomic E-state index is 2.81. The Labute approximate surface area is 172 Å². The van der Waals surface area contributed by atoms with Crippen molar-refractivity contribution in [3.8, 4) is 0 Å². The molecular formula is C26H27NS. The highest BCUT2D eigenvalue weighted by Gasteiger charge is 2.39. The Balaban J connectivity index is 1.40. The van der Waals surface area contributed by atoms with Gasteiger partial charge >= 0.3 is 0 Å². The van der Waals surface area contributed by atoms with Gasteiger partial charge in [-0.05, 0) is 71.2 Å². The van der Waals surface area contributed by atoms with Crippen molar-refractivity contribution in [2.45, 2.75) is 44.2 Å². The number of rotatable bonds is 5. The van der Waals surface area contributed by atoms with E-state index in [0.29, 0.717) is 0 Å². The molecule has 2 heteroatoms. The van der Waals surface area contributed by atoms with Gasteiger partial charge in [-0.3, -0.25) is 4.90 Å². The molecule has 1 nitrogen and oxygen atoms in total. The van der Waals surface area contributed by atoms with Crippen LogP contribution in [-0.4, -0.2) is 23.5 Å². The zero-order valence-electron chi connectivity index (χ0n) is 16.3. The molecule has 1 aromatic heterocycles. The van der Waals surface area contributed by atoms with Crippen molar-refractivity contribution < 1.29 is 0 Å². The van der Waals surface area contributed by atoms with Gasteiger partial charge in [0.05, 0.1) is 0 Å². The lowest BCUT2D eigenvalue weighted by Gasteiger charge is -2.37. The topological polar surface area (TPSA) is 3.24 Å². The molecule has 0 amide bonds. The van der Waals surface area contributed by atoms with Crippen LogP contribution in [0.1, 0.15) is 42.4 Å². The summed E-state index contributed by atoms with van der Waals surface area (Å²) in [6.45, 7) is 1.20. The van der Waals surface area contributed by atoms with Crippen LogP contribution in [0.2, 0.25) is 0 Å². The van der Waals surface area contributed by atoms with Gasteiger partial charge in [-0.25, -0.2) is 0 Å². The van der Waals surface area contributed by atoms with E-state index in [2.05, 4.69) is 82.4 Å². The molecule has 2 unspecified atom stereocenters. The molecule has 3 aromatic rings. The fraction of sp³-hybridized carbons (Fsp3) is 0.308. The van der Waals surface area contributed by atoms with E-state index < -0.39 is 0 Å². The fourth-order valence-corrected chi connectivity index (χ4v) is 5.81. The highest BCUT2D eigenvalue weighted by Crippen LogP contribution is 2.43. The van der Waals surface area contributed by atoms with Gasteiger partial charge in [0, 0.05) is 18.6 Å². The van der Waals surface area contributed by atoms with E-state index in [-0.39, 0.29) is 0 Å². The van der Waals surface area contributed by atoms with Crippen LogP contribution in [-0.2, 0) is 6.42 Å². The quantitative estimate of drug-likeness (QED) is 0.490. The highest BCUT2D eigenvalue weighted by molar-refractivity contribution is 7.08. The molecule has 0 aliphatic carbocycles. The summed E-state index contributed by atoms with van der Waals surface area (Å²) in [6, 6.07) is 25.7. The lowest BCUT2D eigenvalue weighted by Crippen LogP contribution is -2.41. The van der Waals surface area contributed by atoms with E-state index in [4.69, 9.17) is 0 Å². The van der Waals surface area contributed by atoms with E-state index in [0.717, 1.165) is 12.1 Å². The molecule has 0 N–H and O–H groups in total. The van der Waals surface area contributed by atoms with Gasteiger partial charge < -0.3 is 0 Å². The van der Waals surface area contributed by atoms with Crippen LogP contribution >= 0.6 is 11.3 Å². The summed E-state index contributed by atoms with van der Waals surface area (Å²) in [7, 11) is 0. The van der Waals surface area contributed by atoms with Crippen LogP contribution in [0.5, 0.6) is 0 Å². The third-order valence-electron chi connectivity index (χ3n) is 6.46. The molecule has 2 bridgehead atoms. The van der Waals surface area contributed by atoms with Crippen LogP contribution in [0.15, 0.2) is 83.1 Å². The monoisotopic (exact) mass is 385 g/mol. The van der Waals surface area contributed by atoms with Crippen LogP contribution < -0.4 is 0 Å². The molecular weight excluding hydrogens is 358 g/mol. The van der Waals surface area contributed by atoms with E-state index in [1.54, 1.807) is 16.9 Å². The van der Waals surface area contributed by atoms with Crippen molar-refractivity contribution in [2.24, 2.45) is 0 Å². The van der Waals surface area contributed by atoms with Gasteiger partial charge in [0.15, 0.2) is 0 Å². The Morgan fingerprint density at radius 3 is 2.14 bits per heavy atom. The molecule has 2 aromatic carbocycles. The molecule has 2 atom stereocenters. The molecule has 5 rings (SSSR count). The van der Waals surface area contributed by atoms with E-state index in [1.165, 1.54) is 60.9 Å². The minimum Gasteiger partial charge on any atom is -0.296 e. The molecule has 142 valence electrons. The zero-order valence-corrected chi connectivity index (χ0v) is 17.1. The van der Waals surface area contributed by atoms with Crippen LogP contribution in [0.4, 0.5) is 0 Å².